The first-order chi connectivity index (χ1) is 19.1. The molecule has 2 atom stereocenters. The van der Waals surface area contributed by atoms with Crippen molar-refractivity contribution in [3.63, 3.8) is 0 Å². The van der Waals surface area contributed by atoms with E-state index in [0.29, 0.717) is 31.1 Å². The second-order valence-corrected chi connectivity index (χ2v) is 9.56. The quantitative estimate of drug-likeness (QED) is 0.278. The average Bonchev–Trinajstić information content (AvgIpc) is 3.69. The van der Waals surface area contributed by atoms with Crippen molar-refractivity contribution in [1.29, 1.82) is 0 Å². The molecular weight excluding hydrogens is 496 g/mol. The van der Waals surface area contributed by atoms with Gasteiger partial charge in [0, 0.05) is 44.0 Å². The molecule has 0 radical (unpaired) electrons. The van der Waals surface area contributed by atoms with Gasteiger partial charge in [0.05, 0.1) is 43.4 Å². The van der Waals surface area contributed by atoms with Gasteiger partial charge in [0.15, 0.2) is 11.3 Å². The standard InChI is InChI=1S/C29H30N6O4/c1-4-39-29(36)24-14-31-28-23(33(2)15-19-9-6-5-7-10-19)13-22(32-35(24)28)21-16-34(25-17-38-18-26(25)37-3)27-20(21)11-8-12-30-27/h5-14,16,25-26H,4,15,17-18H2,1-3H3/t25-,26-/m0/s1. The number of hydrogen-bond donors (Lipinski definition) is 0. The largest absolute Gasteiger partial charge is 0.461 e. The number of imidazole rings is 1. The molecule has 0 N–H and O–H groups in total. The summed E-state index contributed by atoms with van der Waals surface area (Å²) in [6.07, 6.45) is 5.28. The zero-order valence-corrected chi connectivity index (χ0v) is 22.2. The fourth-order valence-corrected chi connectivity index (χ4v) is 5.20. The molecule has 0 amide bonds. The highest BCUT2D eigenvalue weighted by Gasteiger charge is 2.32. The minimum atomic E-state index is -0.471. The molecule has 1 saturated heterocycles. The number of pyridine rings is 1. The van der Waals surface area contributed by atoms with E-state index in [1.165, 1.54) is 6.20 Å². The van der Waals surface area contributed by atoms with E-state index in [1.54, 1.807) is 24.7 Å². The molecular formula is C29H30N6O4. The Balaban J connectivity index is 1.53. The summed E-state index contributed by atoms with van der Waals surface area (Å²) < 4.78 is 20.4. The smallest absolute Gasteiger partial charge is 0.358 e. The Morgan fingerprint density at radius 2 is 1.97 bits per heavy atom. The second-order valence-electron chi connectivity index (χ2n) is 9.56. The second kappa shape index (κ2) is 10.5. The summed E-state index contributed by atoms with van der Waals surface area (Å²) in [7, 11) is 3.71. The molecule has 0 saturated carbocycles. The van der Waals surface area contributed by atoms with Crippen LogP contribution in [0, 0.1) is 0 Å². The first-order valence-electron chi connectivity index (χ1n) is 13.0. The van der Waals surface area contributed by atoms with Crippen molar-refractivity contribution in [3.05, 3.63) is 78.4 Å². The van der Waals surface area contributed by atoms with Crippen molar-refractivity contribution in [3.8, 4) is 11.3 Å². The number of anilines is 1. The fourth-order valence-electron chi connectivity index (χ4n) is 5.20. The highest BCUT2D eigenvalue weighted by atomic mass is 16.5. The SMILES string of the molecule is CCOC(=O)c1cnc2c(N(C)Cc3ccccc3)cc(-c3cn([C@H]4COC[C@@H]4OC)c4ncccc34)nn12. The Kier molecular flexibility index (Phi) is 6.72. The van der Waals surface area contributed by atoms with Gasteiger partial charge in [0.1, 0.15) is 11.8 Å². The molecule has 6 rings (SSSR count). The predicted octanol–water partition coefficient (Wildman–Crippen LogP) is 4.15. The zero-order valence-electron chi connectivity index (χ0n) is 22.2. The van der Waals surface area contributed by atoms with Gasteiger partial charge in [-0.3, -0.25) is 0 Å². The number of fused-ring (bicyclic) bond motifs is 2. The monoisotopic (exact) mass is 526 g/mol. The minimum absolute atomic E-state index is 0.0200. The number of aromatic nitrogens is 5. The lowest BCUT2D eigenvalue weighted by Gasteiger charge is -2.21. The average molecular weight is 527 g/mol. The summed E-state index contributed by atoms with van der Waals surface area (Å²) in [5.41, 5.74) is 5.23. The normalized spacial score (nSPS) is 17.2. The third-order valence-corrected chi connectivity index (χ3v) is 7.13. The van der Waals surface area contributed by atoms with Gasteiger partial charge in [0.25, 0.3) is 0 Å². The molecule has 10 heteroatoms. The molecule has 4 aromatic heterocycles. The number of rotatable bonds is 8. The third kappa shape index (κ3) is 4.51. The highest BCUT2D eigenvalue weighted by molar-refractivity contribution is 5.95. The van der Waals surface area contributed by atoms with E-state index >= 15 is 0 Å². The van der Waals surface area contributed by atoms with E-state index in [2.05, 4.69) is 32.8 Å². The Morgan fingerprint density at radius 3 is 2.77 bits per heavy atom. The van der Waals surface area contributed by atoms with Gasteiger partial charge in [-0.1, -0.05) is 30.3 Å². The molecule has 1 aliphatic rings. The number of carbonyl (C=O) groups excluding carboxylic acids is 1. The Bertz CT molecular complexity index is 1630. The van der Waals surface area contributed by atoms with E-state index in [4.69, 9.17) is 24.3 Å². The van der Waals surface area contributed by atoms with Gasteiger partial charge in [-0.2, -0.15) is 5.10 Å². The maximum atomic E-state index is 12.8. The van der Waals surface area contributed by atoms with Crippen molar-refractivity contribution in [1.82, 2.24) is 24.1 Å². The molecule has 0 unspecified atom stereocenters. The van der Waals surface area contributed by atoms with Crippen LogP contribution >= 0.6 is 0 Å². The van der Waals surface area contributed by atoms with Gasteiger partial charge < -0.3 is 23.7 Å². The maximum Gasteiger partial charge on any atom is 0.358 e. The van der Waals surface area contributed by atoms with Crippen LogP contribution in [-0.4, -0.2) is 70.2 Å². The maximum absolute atomic E-state index is 12.8. The lowest BCUT2D eigenvalue weighted by atomic mass is 10.1. The van der Waals surface area contributed by atoms with Crippen LogP contribution in [0.2, 0.25) is 0 Å². The van der Waals surface area contributed by atoms with Crippen LogP contribution in [0.3, 0.4) is 0 Å². The Hall–Kier alpha value is -4.28. The summed E-state index contributed by atoms with van der Waals surface area (Å²) >= 11 is 0. The van der Waals surface area contributed by atoms with Gasteiger partial charge in [0.2, 0.25) is 0 Å². The molecule has 39 heavy (non-hydrogen) atoms. The first kappa shape index (κ1) is 25.0. The molecule has 0 aliphatic carbocycles. The summed E-state index contributed by atoms with van der Waals surface area (Å²) in [5.74, 6) is -0.471. The number of benzene rings is 1. The van der Waals surface area contributed by atoms with Crippen LogP contribution in [0.4, 0.5) is 5.69 Å². The number of ether oxygens (including phenoxy) is 3. The van der Waals surface area contributed by atoms with E-state index in [0.717, 1.165) is 27.8 Å². The number of esters is 1. The summed E-state index contributed by atoms with van der Waals surface area (Å²) in [5, 5.41) is 5.86. The topological polar surface area (TPSA) is 96.0 Å². The summed E-state index contributed by atoms with van der Waals surface area (Å²) in [6, 6.07) is 16.2. The molecule has 0 spiro atoms. The number of methoxy groups -OCH3 is 1. The molecule has 5 heterocycles. The van der Waals surface area contributed by atoms with Crippen LogP contribution in [-0.2, 0) is 20.8 Å². The molecule has 0 bridgehead atoms. The molecule has 200 valence electrons. The molecule has 5 aromatic rings. The zero-order chi connectivity index (χ0) is 26.9. The van der Waals surface area contributed by atoms with Crippen molar-refractivity contribution in [2.45, 2.75) is 25.6 Å². The number of carbonyl (C=O) groups is 1. The van der Waals surface area contributed by atoms with E-state index in [1.807, 2.05) is 43.4 Å². The van der Waals surface area contributed by atoms with Crippen LogP contribution in [0.25, 0.3) is 27.9 Å². The van der Waals surface area contributed by atoms with Crippen LogP contribution in [0.15, 0.2) is 67.1 Å². The molecule has 1 aliphatic heterocycles. The van der Waals surface area contributed by atoms with Crippen LogP contribution in [0.1, 0.15) is 29.0 Å². The molecule has 10 nitrogen and oxygen atoms in total. The highest BCUT2D eigenvalue weighted by Crippen LogP contribution is 2.36. The Morgan fingerprint density at radius 1 is 1.13 bits per heavy atom. The molecule has 1 aromatic carbocycles. The van der Waals surface area contributed by atoms with Crippen molar-refractivity contribution >= 4 is 28.3 Å². The van der Waals surface area contributed by atoms with Crippen molar-refractivity contribution in [2.75, 3.05) is 38.9 Å². The lowest BCUT2D eigenvalue weighted by Crippen LogP contribution is -2.24. The van der Waals surface area contributed by atoms with Crippen LogP contribution in [0.5, 0.6) is 0 Å². The minimum Gasteiger partial charge on any atom is -0.461 e. The Labute approximate surface area is 225 Å². The van der Waals surface area contributed by atoms with Crippen LogP contribution < -0.4 is 4.90 Å². The number of nitrogens with zero attached hydrogens (tertiary/aromatic N) is 6. The lowest BCUT2D eigenvalue weighted by molar-refractivity contribution is 0.0516. The van der Waals surface area contributed by atoms with Crippen molar-refractivity contribution in [2.24, 2.45) is 0 Å². The molecule has 1 fully saturated rings. The van der Waals surface area contributed by atoms with Gasteiger partial charge in [-0.25, -0.2) is 19.3 Å². The third-order valence-electron chi connectivity index (χ3n) is 7.13. The predicted molar refractivity (Wildman–Crippen MR) is 147 cm³/mol. The van der Waals surface area contributed by atoms with Gasteiger partial charge >= 0.3 is 5.97 Å². The van der Waals surface area contributed by atoms with E-state index in [9.17, 15) is 4.79 Å². The van der Waals surface area contributed by atoms with E-state index < -0.39 is 5.97 Å². The van der Waals surface area contributed by atoms with Crippen molar-refractivity contribution < 1.29 is 19.0 Å². The first-order valence-corrected chi connectivity index (χ1v) is 13.0. The van der Waals surface area contributed by atoms with Gasteiger partial charge in [-0.15, -0.1) is 0 Å². The number of hydrogen-bond acceptors (Lipinski definition) is 8. The summed E-state index contributed by atoms with van der Waals surface area (Å²) in [6.45, 7) is 3.75. The fraction of sp³-hybridized carbons (Fsp3) is 0.310. The summed E-state index contributed by atoms with van der Waals surface area (Å²) in [4.78, 5) is 24.2. The van der Waals surface area contributed by atoms with E-state index in [-0.39, 0.29) is 24.4 Å². The van der Waals surface area contributed by atoms with Gasteiger partial charge in [-0.05, 0) is 30.7 Å².